The van der Waals surface area contributed by atoms with Gasteiger partial charge in [-0.2, -0.15) is 0 Å². The molecule has 2 aromatic carbocycles. The van der Waals surface area contributed by atoms with Crippen LogP contribution in [0.2, 0.25) is 0 Å². The summed E-state index contributed by atoms with van der Waals surface area (Å²) in [6, 6.07) is 14.1. The summed E-state index contributed by atoms with van der Waals surface area (Å²) < 4.78 is 11.1. The van der Waals surface area contributed by atoms with Crippen LogP contribution in [-0.2, 0) is 4.79 Å². The molecule has 4 rings (SSSR count). The number of carbonyl (C=O) groups is 1. The second-order valence-electron chi connectivity index (χ2n) is 8.84. The van der Waals surface area contributed by atoms with Gasteiger partial charge in [-0.05, 0) is 80.3 Å². The summed E-state index contributed by atoms with van der Waals surface area (Å²) in [5.41, 5.74) is 6.79. The summed E-state index contributed by atoms with van der Waals surface area (Å²) in [6.07, 6.45) is 0. The number of nitrogens with zero attached hydrogens (tertiary/aromatic N) is 4. The standard InChI is InChI=1S/C27H32N4O3/c1-18-6-8-24(25(14-18)33-5)34-17-27(32)31-12-10-30(11-13-31)26-9-7-23(28-29-26)22-16-20(3)19(2)15-21(22)4/h6-9,14-16H,10-13,17H2,1-5H3. The number of piperazine rings is 1. The molecule has 7 heteroatoms. The molecule has 0 saturated carbocycles. The normalized spacial score (nSPS) is 13.7. The molecule has 3 aromatic rings. The van der Waals surface area contributed by atoms with Gasteiger partial charge >= 0.3 is 0 Å². The molecule has 0 spiro atoms. The Morgan fingerprint density at radius 2 is 1.59 bits per heavy atom. The quantitative estimate of drug-likeness (QED) is 0.551. The van der Waals surface area contributed by atoms with E-state index in [1.165, 1.54) is 16.7 Å². The average Bonchev–Trinajstić information content (AvgIpc) is 2.85. The number of benzene rings is 2. The third-order valence-electron chi connectivity index (χ3n) is 6.39. The van der Waals surface area contributed by atoms with Crippen molar-refractivity contribution in [3.63, 3.8) is 0 Å². The third-order valence-corrected chi connectivity index (χ3v) is 6.39. The van der Waals surface area contributed by atoms with Gasteiger partial charge in [0.05, 0.1) is 12.8 Å². The molecule has 0 atom stereocenters. The van der Waals surface area contributed by atoms with Gasteiger partial charge in [0.1, 0.15) is 0 Å². The van der Waals surface area contributed by atoms with E-state index in [1.807, 2.05) is 42.2 Å². The number of anilines is 1. The van der Waals surface area contributed by atoms with Gasteiger partial charge in [-0.25, -0.2) is 0 Å². The van der Waals surface area contributed by atoms with Crippen molar-refractivity contribution in [2.75, 3.05) is 44.8 Å². The Bertz CT molecular complexity index is 1170. The maximum absolute atomic E-state index is 12.7. The molecule has 1 saturated heterocycles. The monoisotopic (exact) mass is 460 g/mol. The lowest BCUT2D eigenvalue weighted by atomic mass is 9.99. The highest BCUT2D eigenvalue weighted by Gasteiger charge is 2.23. The Kier molecular flexibility index (Phi) is 7.01. The molecule has 2 heterocycles. The first-order valence-electron chi connectivity index (χ1n) is 11.6. The summed E-state index contributed by atoms with van der Waals surface area (Å²) in [7, 11) is 1.60. The summed E-state index contributed by atoms with van der Waals surface area (Å²) in [5.74, 6) is 2.01. The van der Waals surface area contributed by atoms with Crippen LogP contribution in [0.5, 0.6) is 11.5 Å². The van der Waals surface area contributed by atoms with Crippen molar-refractivity contribution in [1.82, 2.24) is 15.1 Å². The molecule has 1 aliphatic heterocycles. The number of hydrogen-bond donors (Lipinski definition) is 0. The van der Waals surface area contributed by atoms with Crippen LogP contribution in [0, 0.1) is 27.7 Å². The van der Waals surface area contributed by atoms with Crippen molar-refractivity contribution in [3.8, 4) is 22.8 Å². The molecular formula is C27H32N4O3. The Labute approximate surface area is 201 Å². The Morgan fingerprint density at radius 3 is 2.26 bits per heavy atom. The minimum atomic E-state index is -0.0334. The summed E-state index contributed by atoms with van der Waals surface area (Å²) in [6.45, 7) is 11.0. The average molecular weight is 461 g/mol. The van der Waals surface area contributed by atoms with Crippen LogP contribution in [0.1, 0.15) is 22.3 Å². The Balaban J connectivity index is 1.33. The second-order valence-corrected chi connectivity index (χ2v) is 8.84. The van der Waals surface area contributed by atoms with Crippen LogP contribution in [0.25, 0.3) is 11.3 Å². The highest BCUT2D eigenvalue weighted by molar-refractivity contribution is 5.78. The van der Waals surface area contributed by atoms with E-state index < -0.39 is 0 Å². The van der Waals surface area contributed by atoms with E-state index in [2.05, 4.69) is 48.0 Å². The Morgan fingerprint density at radius 1 is 0.853 bits per heavy atom. The van der Waals surface area contributed by atoms with Crippen LogP contribution >= 0.6 is 0 Å². The molecule has 0 bridgehead atoms. The number of carbonyl (C=O) groups excluding carboxylic acids is 1. The number of methoxy groups -OCH3 is 1. The van der Waals surface area contributed by atoms with Crippen LogP contribution in [0.3, 0.4) is 0 Å². The lowest BCUT2D eigenvalue weighted by Crippen LogP contribution is -2.50. The molecule has 7 nitrogen and oxygen atoms in total. The molecule has 1 aliphatic rings. The maximum atomic E-state index is 12.7. The summed E-state index contributed by atoms with van der Waals surface area (Å²) in [5, 5.41) is 8.97. The number of amides is 1. The largest absolute Gasteiger partial charge is 0.493 e. The van der Waals surface area contributed by atoms with Gasteiger partial charge in [0.15, 0.2) is 23.9 Å². The van der Waals surface area contributed by atoms with E-state index in [-0.39, 0.29) is 12.5 Å². The van der Waals surface area contributed by atoms with Gasteiger partial charge in [0.25, 0.3) is 5.91 Å². The molecule has 1 amide bonds. The predicted octanol–water partition coefficient (Wildman–Crippen LogP) is 4.11. The minimum absolute atomic E-state index is 0.0107. The van der Waals surface area contributed by atoms with E-state index in [1.54, 1.807) is 7.11 Å². The third kappa shape index (κ3) is 5.14. The SMILES string of the molecule is COc1cc(C)ccc1OCC(=O)N1CCN(c2ccc(-c3cc(C)c(C)cc3C)nn2)CC1. The van der Waals surface area contributed by atoms with Crippen molar-refractivity contribution in [3.05, 3.63) is 64.7 Å². The second kappa shape index (κ2) is 10.1. The topological polar surface area (TPSA) is 67.8 Å². The molecule has 0 N–H and O–H groups in total. The fourth-order valence-electron chi connectivity index (χ4n) is 4.18. The zero-order valence-corrected chi connectivity index (χ0v) is 20.6. The smallest absolute Gasteiger partial charge is 0.260 e. The fraction of sp³-hybridized carbons (Fsp3) is 0.370. The first-order chi connectivity index (χ1) is 16.4. The van der Waals surface area contributed by atoms with Crippen LogP contribution in [0.4, 0.5) is 5.82 Å². The van der Waals surface area contributed by atoms with Crippen molar-refractivity contribution in [1.29, 1.82) is 0 Å². The molecule has 178 valence electrons. The number of aryl methyl sites for hydroxylation is 4. The zero-order valence-electron chi connectivity index (χ0n) is 20.6. The first-order valence-corrected chi connectivity index (χ1v) is 11.6. The lowest BCUT2D eigenvalue weighted by Gasteiger charge is -2.35. The molecule has 0 radical (unpaired) electrons. The lowest BCUT2D eigenvalue weighted by molar-refractivity contribution is -0.133. The van der Waals surface area contributed by atoms with Crippen LogP contribution in [0.15, 0.2) is 42.5 Å². The van der Waals surface area contributed by atoms with Crippen molar-refractivity contribution < 1.29 is 14.3 Å². The maximum Gasteiger partial charge on any atom is 0.260 e. The molecular weight excluding hydrogens is 428 g/mol. The van der Waals surface area contributed by atoms with E-state index in [0.29, 0.717) is 37.7 Å². The van der Waals surface area contributed by atoms with E-state index in [0.717, 1.165) is 22.6 Å². The van der Waals surface area contributed by atoms with Crippen molar-refractivity contribution >= 4 is 11.7 Å². The number of ether oxygens (including phenoxy) is 2. The van der Waals surface area contributed by atoms with Gasteiger partial charge < -0.3 is 19.3 Å². The number of hydrogen-bond acceptors (Lipinski definition) is 6. The molecule has 0 aliphatic carbocycles. The minimum Gasteiger partial charge on any atom is -0.493 e. The predicted molar refractivity (Wildman–Crippen MR) is 134 cm³/mol. The van der Waals surface area contributed by atoms with E-state index in [4.69, 9.17) is 9.47 Å². The summed E-state index contributed by atoms with van der Waals surface area (Å²) in [4.78, 5) is 16.7. The molecule has 0 unspecified atom stereocenters. The first kappa shape index (κ1) is 23.5. The number of aromatic nitrogens is 2. The van der Waals surface area contributed by atoms with Gasteiger partial charge in [0, 0.05) is 31.7 Å². The highest BCUT2D eigenvalue weighted by atomic mass is 16.5. The highest BCUT2D eigenvalue weighted by Crippen LogP contribution is 2.28. The molecule has 1 fully saturated rings. The van der Waals surface area contributed by atoms with Gasteiger partial charge in [-0.1, -0.05) is 12.1 Å². The Hall–Kier alpha value is -3.61. The molecule has 1 aromatic heterocycles. The van der Waals surface area contributed by atoms with E-state index in [9.17, 15) is 4.79 Å². The van der Waals surface area contributed by atoms with Gasteiger partial charge in [0.2, 0.25) is 0 Å². The van der Waals surface area contributed by atoms with Crippen LogP contribution in [-0.4, -0.2) is 60.9 Å². The van der Waals surface area contributed by atoms with Crippen LogP contribution < -0.4 is 14.4 Å². The fourth-order valence-corrected chi connectivity index (χ4v) is 4.18. The zero-order chi connectivity index (χ0) is 24.2. The van der Waals surface area contributed by atoms with Gasteiger partial charge in [-0.3, -0.25) is 4.79 Å². The summed E-state index contributed by atoms with van der Waals surface area (Å²) >= 11 is 0. The number of rotatable bonds is 6. The van der Waals surface area contributed by atoms with Crippen molar-refractivity contribution in [2.24, 2.45) is 0 Å². The van der Waals surface area contributed by atoms with E-state index >= 15 is 0 Å². The van der Waals surface area contributed by atoms with Gasteiger partial charge in [-0.15, -0.1) is 10.2 Å². The van der Waals surface area contributed by atoms with Crippen molar-refractivity contribution in [2.45, 2.75) is 27.7 Å². The molecule has 34 heavy (non-hydrogen) atoms.